The number of amides is 1. The van der Waals surface area contributed by atoms with Crippen molar-refractivity contribution in [1.82, 2.24) is 4.90 Å². The molecule has 2 N–H and O–H groups in total. The minimum absolute atomic E-state index is 0.0622. The smallest absolute Gasteiger partial charge is 0.295 e. The van der Waals surface area contributed by atoms with Crippen molar-refractivity contribution in [2.45, 2.75) is 13.0 Å². The fourth-order valence-electron chi connectivity index (χ4n) is 3.46. The second-order valence-electron chi connectivity index (χ2n) is 6.84. The first kappa shape index (κ1) is 22.5. The van der Waals surface area contributed by atoms with Crippen LogP contribution in [-0.4, -0.2) is 59.8 Å². The summed E-state index contributed by atoms with van der Waals surface area (Å²) in [5.74, 6) is -1.79. The molecule has 1 aliphatic heterocycles. The van der Waals surface area contributed by atoms with E-state index < -0.39 is 23.5 Å². The quantitative estimate of drug-likeness (QED) is 0.275. The summed E-state index contributed by atoms with van der Waals surface area (Å²) in [6, 6.07) is 11.0. The molecule has 1 aliphatic rings. The molecule has 7 nitrogen and oxygen atoms in total. The Kier molecular flexibility index (Phi) is 7.38. The number of nitrogens with zero attached hydrogens (tertiary/aromatic N) is 1. The number of halogens is 1. The highest BCUT2D eigenvalue weighted by atomic mass is 19.1. The number of ketones is 1. The zero-order valence-electron chi connectivity index (χ0n) is 17.1. The largest absolute Gasteiger partial charge is 0.507 e. The summed E-state index contributed by atoms with van der Waals surface area (Å²) in [4.78, 5) is 26.9. The van der Waals surface area contributed by atoms with Gasteiger partial charge in [0.25, 0.3) is 11.7 Å². The van der Waals surface area contributed by atoms with Gasteiger partial charge in [-0.25, -0.2) is 4.39 Å². The number of hydrogen-bond acceptors (Lipinski definition) is 6. The van der Waals surface area contributed by atoms with Crippen LogP contribution in [0.4, 0.5) is 4.39 Å². The van der Waals surface area contributed by atoms with Crippen molar-refractivity contribution in [1.29, 1.82) is 0 Å². The number of aliphatic hydroxyl groups is 2. The van der Waals surface area contributed by atoms with Crippen LogP contribution in [0.5, 0.6) is 5.75 Å². The SMILES string of the molecule is CCOc1ccc(C(O)=C2C(=O)C(=O)N(CCOCCO)C2c2ccc(F)cc2)cc1. The van der Waals surface area contributed by atoms with Gasteiger partial charge in [0.2, 0.25) is 0 Å². The Morgan fingerprint density at radius 2 is 1.74 bits per heavy atom. The molecule has 0 aromatic heterocycles. The summed E-state index contributed by atoms with van der Waals surface area (Å²) in [6.07, 6.45) is 0. The first-order valence-electron chi connectivity index (χ1n) is 9.93. The predicted octanol–water partition coefficient (Wildman–Crippen LogP) is 2.66. The first-order valence-corrected chi connectivity index (χ1v) is 9.93. The van der Waals surface area contributed by atoms with Crippen LogP contribution >= 0.6 is 0 Å². The molecule has 0 aliphatic carbocycles. The lowest BCUT2D eigenvalue weighted by atomic mass is 9.95. The van der Waals surface area contributed by atoms with Crippen LogP contribution in [0.3, 0.4) is 0 Å². The number of aliphatic hydroxyl groups excluding tert-OH is 2. The Hall–Kier alpha value is -3.23. The summed E-state index contributed by atoms with van der Waals surface area (Å²) in [6.45, 7) is 2.41. The van der Waals surface area contributed by atoms with E-state index in [0.717, 1.165) is 0 Å². The number of rotatable bonds is 9. The standard InChI is InChI=1S/C23H24FNO6/c1-2-31-18-9-5-16(6-10-18)21(27)19-20(15-3-7-17(24)8-4-15)25(23(29)22(19)28)11-13-30-14-12-26/h3-10,20,26-27H,2,11-14H2,1H3. The van der Waals surface area contributed by atoms with Crippen molar-refractivity contribution >= 4 is 17.4 Å². The van der Waals surface area contributed by atoms with Crippen LogP contribution < -0.4 is 4.74 Å². The lowest BCUT2D eigenvalue weighted by Gasteiger charge is -2.25. The fraction of sp³-hybridized carbons (Fsp3) is 0.304. The summed E-state index contributed by atoms with van der Waals surface area (Å²) in [5.41, 5.74) is 0.753. The van der Waals surface area contributed by atoms with E-state index in [2.05, 4.69) is 0 Å². The van der Waals surface area contributed by atoms with Crippen molar-refractivity contribution in [3.63, 3.8) is 0 Å². The van der Waals surface area contributed by atoms with E-state index in [4.69, 9.17) is 14.6 Å². The molecule has 1 fully saturated rings. The maximum absolute atomic E-state index is 13.5. The molecule has 1 atom stereocenters. The highest BCUT2D eigenvalue weighted by Gasteiger charge is 2.45. The van der Waals surface area contributed by atoms with E-state index in [-0.39, 0.29) is 37.7 Å². The van der Waals surface area contributed by atoms with Gasteiger partial charge in [0.1, 0.15) is 17.3 Å². The summed E-state index contributed by atoms with van der Waals surface area (Å²) in [7, 11) is 0. The topological polar surface area (TPSA) is 96.3 Å². The van der Waals surface area contributed by atoms with Crippen LogP contribution in [0, 0.1) is 5.82 Å². The minimum Gasteiger partial charge on any atom is -0.507 e. The average Bonchev–Trinajstić information content (AvgIpc) is 3.02. The molecule has 1 saturated heterocycles. The molecule has 0 saturated carbocycles. The Morgan fingerprint density at radius 3 is 2.35 bits per heavy atom. The minimum atomic E-state index is -0.898. The monoisotopic (exact) mass is 429 g/mol. The Labute approximate surface area is 179 Å². The van der Waals surface area contributed by atoms with Gasteiger partial charge in [-0.05, 0) is 48.9 Å². The molecule has 2 aromatic rings. The number of carbonyl (C=O) groups excluding carboxylic acids is 2. The molecule has 1 amide bonds. The number of ether oxygens (including phenoxy) is 2. The normalized spacial score (nSPS) is 17.9. The number of likely N-dealkylation sites (tertiary alicyclic amines) is 1. The van der Waals surface area contributed by atoms with Gasteiger partial charge in [-0.3, -0.25) is 9.59 Å². The van der Waals surface area contributed by atoms with Gasteiger partial charge in [0.15, 0.2) is 0 Å². The van der Waals surface area contributed by atoms with Gasteiger partial charge in [-0.2, -0.15) is 0 Å². The van der Waals surface area contributed by atoms with Crippen molar-refractivity contribution < 1.29 is 33.7 Å². The molecule has 0 radical (unpaired) electrons. The third-order valence-corrected chi connectivity index (χ3v) is 4.88. The molecule has 1 heterocycles. The maximum Gasteiger partial charge on any atom is 0.295 e. The maximum atomic E-state index is 13.5. The third-order valence-electron chi connectivity index (χ3n) is 4.88. The molecule has 8 heteroatoms. The van der Waals surface area contributed by atoms with Gasteiger partial charge < -0.3 is 24.6 Å². The van der Waals surface area contributed by atoms with E-state index >= 15 is 0 Å². The summed E-state index contributed by atoms with van der Waals surface area (Å²) < 4.78 is 24.1. The molecular weight excluding hydrogens is 405 g/mol. The molecule has 3 rings (SSSR count). The second-order valence-corrected chi connectivity index (χ2v) is 6.84. The van der Waals surface area contributed by atoms with Crippen LogP contribution in [0.2, 0.25) is 0 Å². The number of carbonyl (C=O) groups is 2. The van der Waals surface area contributed by atoms with E-state index in [1.807, 2.05) is 6.92 Å². The molecule has 164 valence electrons. The molecule has 31 heavy (non-hydrogen) atoms. The van der Waals surface area contributed by atoms with E-state index in [0.29, 0.717) is 23.5 Å². The van der Waals surface area contributed by atoms with Gasteiger partial charge in [0, 0.05) is 12.1 Å². The van der Waals surface area contributed by atoms with Gasteiger partial charge in [-0.15, -0.1) is 0 Å². The molecule has 1 unspecified atom stereocenters. The number of hydrogen-bond donors (Lipinski definition) is 2. The van der Waals surface area contributed by atoms with Crippen LogP contribution in [0.15, 0.2) is 54.1 Å². The Balaban J connectivity index is 2.02. The van der Waals surface area contributed by atoms with Gasteiger partial charge >= 0.3 is 0 Å². The van der Waals surface area contributed by atoms with Crippen LogP contribution in [0.25, 0.3) is 5.76 Å². The zero-order valence-corrected chi connectivity index (χ0v) is 17.1. The zero-order chi connectivity index (χ0) is 22.4. The Morgan fingerprint density at radius 1 is 1.06 bits per heavy atom. The molecule has 0 bridgehead atoms. The van der Waals surface area contributed by atoms with Crippen molar-refractivity contribution in [3.8, 4) is 5.75 Å². The first-order chi connectivity index (χ1) is 15.0. The third kappa shape index (κ3) is 4.92. The van der Waals surface area contributed by atoms with Crippen LogP contribution in [0.1, 0.15) is 24.1 Å². The van der Waals surface area contributed by atoms with Gasteiger partial charge in [0.05, 0.1) is 38.0 Å². The van der Waals surface area contributed by atoms with Crippen molar-refractivity contribution in [3.05, 3.63) is 71.0 Å². The van der Waals surface area contributed by atoms with E-state index in [9.17, 15) is 19.1 Å². The number of benzene rings is 2. The fourth-order valence-corrected chi connectivity index (χ4v) is 3.46. The Bertz CT molecular complexity index is 955. The summed E-state index contributed by atoms with van der Waals surface area (Å²) >= 11 is 0. The second kappa shape index (κ2) is 10.2. The average molecular weight is 429 g/mol. The van der Waals surface area contributed by atoms with Crippen LogP contribution in [-0.2, 0) is 14.3 Å². The molecule has 0 spiro atoms. The highest BCUT2D eigenvalue weighted by molar-refractivity contribution is 6.46. The lowest BCUT2D eigenvalue weighted by molar-refractivity contribution is -0.140. The highest BCUT2D eigenvalue weighted by Crippen LogP contribution is 2.39. The van der Waals surface area contributed by atoms with E-state index in [1.165, 1.54) is 29.2 Å². The van der Waals surface area contributed by atoms with Gasteiger partial charge in [-0.1, -0.05) is 12.1 Å². The van der Waals surface area contributed by atoms with Crippen molar-refractivity contribution in [2.24, 2.45) is 0 Å². The van der Waals surface area contributed by atoms with E-state index in [1.54, 1.807) is 24.3 Å². The van der Waals surface area contributed by atoms with Crippen molar-refractivity contribution in [2.75, 3.05) is 33.0 Å². The predicted molar refractivity (Wildman–Crippen MR) is 111 cm³/mol. The molecular formula is C23H24FNO6. The lowest BCUT2D eigenvalue weighted by Crippen LogP contribution is -2.33. The summed E-state index contributed by atoms with van der Waals surface area (Å²) in [5, 5.41) is 19.8. The molecule has 2 aromatic carbocycles. The number of Topliss-reactive ketones (excluding diaryl/α,β-unsaturated/α-hetero) is 1.